The normalized spacial score (nSPS) is 11.5. The Morgan fingerprint density at radius 3 is 2.54 bits per heavy atom. The summed E-state index contributed by atoms with van der Waals surface area (Å²) in [5.74, 6) is -0.664. The molecule has 24 heavy (non-hydrogen) atoms. The van der Waals surface area contributed by atoms with Gasteiger partial charge in [0, 0.05) is 26.1 Å². The van der Waals surface area contributed by atoms with Gasteiger partial charge in [-0.15, -0.1) is 0 Å². The SMILES string of the molecule is COC(=O)C(C)NC(=O)c1cccc(CCCCC(=O)N(C)C)c1. The molecule has 0 saturated carbocycles. The lowest BCUT2D eigenvalue weighted by Crippen LogP contribution is -2.39. The summed E-state index contributed by atoms with van der Waals surface area (Å²) in [7, 11) is 4.78. The van der Waals surface area contributed by atoms with Crippen LogP contribution in [-0.2, 0) is 20.7 Å². The lowest BCUT2D eigenvalue weighted by atomic mass is 10.0. The highest BCUT2D eigenvalue weighted by Crippen LogP contribution is 2.10. The van der Waals surface area contributed by atoms with E-state index in [1.807, 2.05) is 18.2 Å². The van der Waals surface area contributed by atoms with Gasteiger partial charge in [-0.3, -0.25) is 9.59 Å². The van der Waals surface area contributed by atoms with E-state index in [0.717, 1.165) is 24.8 Å². The van der Waals surface area contributed by atoms with Gasteiger partial charge < -0.3 is 15.0 Å². The minimum absolute atomic E-state index is 0.125. The molecule has 0 spiro atoms. The third-order valence-corrected chi connectivity index (χ3v) is 3.70. The number of hydrogen-bond donors (Lipinski definition) is 1. The minimum Gasteiger partial charge on any atom is -0.467 e. The Bertz CT molecular complexity index is 584. The first-order valence-corrected chi connectivity index (χ1v) is 8.03. The number of benzene rings is 1. The third-order valence-electron chi connectivity index (χ3n) is 3.70. The Morgan fingerprint density at radius 2 is 1.92 bits per heavy atom. The summed E-state index contributed by atoms with van der Waals surface area (Å²) in [6.45, 7) is 1.58. The van der Waals surface area contributed by atoms with Gasteiger partial charge in [0.15, 0.2) is 0 Å². The van der Waals surface area contributed by atoms with E-state index >= 15 is 0 Å². The number of esters is 1. The molecule has 0 aliphatic carbocycles. The van der Waals surface area contributed by atoms with Gasteiger partial charge in [0.25, 0.3) is 5.91 Å². The fourth-order valence-corrected chi connectivity index (χ4v) is 2.21. The molecule has 132 valence electrons. The number of hydrogen-bond acceptors (Lipinski definition) is 4. The van der Waals surface area contributed by atoms with Crippen LogP contribution in [0.4, 0.5) is 0 Å². The van der Waals surface area contributed by atoms with E-state index in [-0.39, 0.29) is 11.8 Å². The molecule has 1 N–H and O–H groups in total. The van der Waals surface area contributed by atoms with Gasteiger partial charge in [-0.1, -0.05) is 12.1 Å². The van der Waals surface area contributed by atoms with E-state index < -0.39 is 12.0 Å². The lowest BCUT2D eigenvalue weighted by molar-refractivity contribution is -0.142. The van der Waals surface area contributed by atoms with Crippen LogP contribution in [0.3, 0.4) is 0 Å². The summed E-state index contributed by atoms with van der Waals surface area (Å²) < 4.78 is 4.59. The molecule has 0 fully saturated rings. The molecule has 0 aliphatic heterocycles. The monoisotopic (exact) mass is 334 g/mol. The first-order valence-electron chi connectivity index (χ1n) is 8.03. The molecule has 0 heterocycles. The van der Waals surface area contributed by atoms with Gasteiger partial charge in [-0.2, -0.15) is 0 Å². The van der Waals surface area contributed by atoms with Crippen LogP contribution in [0.5, 0.6) is 0 Å². The van der Waals surface area contributed by atoms with E-state index in [9.17, 15) is 14.4 Å². The second kappa shape index (κ2) is 9.70. The fourth-order valence-electron chi connectivity index (χ4n) is 2.21. The molecule has 0 aromatic heterocycles. The van der Waals surface area contributed by atoms with Crippen LogP contribution in [0.1, 0.15) is 42.1 Å². The molecule has 6 nitrogen and oxygen atoms in total. The molecule has 0 aliphatic rings. The Kier molecular flexibility index (Phi) is 7.95. The van der Waals surface area contributed by atoms with E-state index in [4.69, 9.17) is 0 Å². The van der Waals surface area contributed by atoms with Crippen LogP contribution in [0.25, 0.3) is 0 Å². The highest BCUT2D eigenvalue weighted by atomic mass is 16.5. The largest absolute Gasteiger partial charge is 0.467 e. The first kappa shape index (κ1) is 19.7. The number of methoxy groups -OCH3 is 1. The highest BCUT2D eigenvalue weighted by molar-refractivity contribution is 5.96. The number of carbonyl (C=O) groups excluding carboxylic acids is 3. The number of aryl methyl sites for hydroxylation is 1. The van der Waals surface area contributed by atoms with Crippen molar-refractivity contribution in [2.45, 2.75) is 38.6 Å². The third kappa shape index (κ3) is 6.40. The molecule has 1 unspecified atom stereocenters. The summed E-state index contributed by atoms with van der Waals surface area (Å²) in [5, 5.41) is 2.61. The summed E-state index contributed by atoms with van der Waals surface area (Å²) in [6, 6.07) is 6.60. The Labute approximate surface area is 143 Å². The average molecular weight is 334 g/mol. The maximum Gasteiger partial charge on any atom is 0.328 e. The van der Waals surface area contributed by atoms with Crippen molar-refractivity contribution >= 4 is 17.8 Å². The number of amides is 2. The predicted octanol–water partition coefficient (Wildman–Crippen LogP) is 1.78. The van der Waals surface area contributed by atoms with Gasteiger partial charge in [0.1, 0.15) is 6.04 Å². The standard InChI is InChI=1S/C18H26N2O4/c1-13(18(23)24-4)19-17(22)15-10-7-9-14(12-15)8-5-6-11-16(21)20(2)3/h7,9-10,12-13H,5-6,8,11H2,1-4H3,(H,19,22). The predicted molar refractivity (Wildman–Crippen MR) is 91.6 cm³/mol. The Balaban J connectivity index is 2.52. The van der Waals surface area contributed by atoms with E-state index in [1.165, 1.54) is 7.11 Å². The number of nitrogens with one attached hydrogen (secondary N) is 1. The number of ether oxygens (including phenoxy) is 1. The minimum atomic E-state index is -0.691. The van der Waals surface area contributed by atoms with E-state index in [0.29, 0.717) is 12.0 Å². The van der Waals surface area contributed by atoms with Crippen molar-refractivity contribution in [3.8, 4) is 0 Å². The van der Waals surface area contributed by atoms with E-state index in [2.05, 4.69) is 10.1 Å². The zero-order chi connectivity index (χ0) is 18.1. The lowest BCUT2D eigenvalue weighted by Gasteiger charge is -2.12. The Hall–Kier alpha value is -2.37. The van der Waals surface area contributed by atoms with E-state index in [1.54, 1.807) is 32.0 Å². The molecular formula is C18H26N2O4. The molecule has 6 heteroatoms. The zero-order valence-corrected chi connectivity index (χ0v) is 14.8. The van der Waals surface area contributed by atoms with Crippen molar-refractivity contribution in [2.75, 3.05) is 21.2 Å². The van der Waals surface area contributed by atoms with Gasteiger partial charge in [-0.25, -0.2) is 4.79 Å². The summed E-state index contributed by atoms with van der Waals surface area (Å²) in [4.78, 5) is 36.6. The van der Waals surface area contributed by atoms with Crippen LogP contribution < -0.4 is 5.32 Å². The molecule has 1 atom stereocenters. The number of rotatable bonds is 8. The van der Waals surface area contributed by atoms with Gasteiger partial charge in [0.05, 0.1) is 7.11 Å². The second-order valence-electron chi connectivity index (χ2n) is 5.91. The fraction of sp³-hybridized carbons (Fsp3) is 0.500. The van der Waals surface area contributed by atoms with Gasteiger partial charge in [0.2, 0.25) is 5.91 Å². The smallest absolute Gasteiger partial charge is 0.328 e. The van der Waals surface area contributed by atoms with Crippen molar-refractivity contribution in [3.05, 3.63) is 35.4 Å². The summed E-state index contributed by atoms with van der Waals surface area (Å²) in [5.41, 5.74) is 1.54. The van der Waals surface area contributed by atoms with Crippen LogP contribution in [-0.4, -0.2) is 49.9 Å². The maximum absolute atomic E-state index is 12.2. The maximum atomic E-state index is 12.2. The number of unbranched alkanes of at least 4 members (excludes halogenated alkanes) is 1. The topological polar surface area (TPSA) is 75.7 Å². The quantitative estimate of drug-likeness (QED) is 0.581. The molecular weight excluding hydrogens is 308 g/mol. The average Bonchev–Trinajstić information content (AvgIpc) is 2.57. The molecule has 2 amide bonds. The number of carbonyl (C=O) groups is 3. The van der Waals surface area contributed by atoms with Crippen molar-refractivity contribution in [1.82, 2.24) is 10.2 Å². The first-order chi connectivity index (χ1) is 11.3. The molecule has 0 saturated heterocycles. The molecule has 1 aromatic rings. The highest BCUT2D eigenvalue weighted by Gasteiger charge is 2.16. The zero-order valence-electron chi connectivity index (χ0n) is 14.8. The van der Waals surface area contributed by atoms with Crippen molar-refractivity contribution in [3.63, 3.8) is 0 Å². The van der Waals surface area contributed by atoms with Crippen LogP contribution in [0.15, 0.2) is 24.3 Å². The van der Waals surface area contributed by atoms with Crippen molar-refractivity contribution in [1.29, 1.82) is 0 Å². The second-order valence-corrected chi connectivity index (χ2v) is 5.91. The molecule has 0 bridgehead atoms. The number of nitrogens with zero attached hydrogens (tertiary/aromatic N) is 1. The molecule has 1 rings (SSSR count). The Morgan fingerprint density at radius 1 is 1.21 bits per heavy atom. The van der Waals surface area contributed by atoms with Crippen LogP contribution in [0, 0.1) is 0 Å². The molecule has 0 radical (unpaired) electrons. The summed E-state index contributed by atoms with van der Waals surface area (Å²) in [6.07, 6.45) is 3.02. The van der Waals surface area contributed by atoms with Gasteiger partial charge in [-0.05, 0) is 43.9 Å². The van der Waals surface area contributed by atoms with Crippen LogP contribution in [0.2, 0.25) is 0 Å². The van der Waals surface area contributed by atoms with Gasteiger partial charge >= 0.3 is 5.97 Å². The summed E-state index contributed by atoms with van der Waals surface area (Å²) >= 11 is 0. The molecule has 1 aromatic carbocycles. The van der Waals surface area contributed by atoms with Crippen molar-refractivity contribution in [2.24, 2.45) is 0 Å². The van der Waals surface area contributed by atoms with Crippen molar-refractivity contribution < 1.29 is 19.1 Å². The van der Waals surface area contributed by atoms with Crippen LogP contribution >= 0.6 is 0 Å².